The number of nitrogens with zero attached hydrogens (tertiary/aromatic N) is 2. The lowest BCUT2D eigenvalue weighted by atomic mass is 10.2. The minimum absolute atomic E-state index is 0.0126. The number of hydrogen-bond acceptors (Lipinski definition) is 11. The maximum absolute atomic E-state index is 11.9. The fourth-order valence-electron chi connectivity index (χ4n) is 2.15. The number of rotatable bonds is 9. The van der Waals surface area contributed by atoms with Gasteiger partial charge in [-0.05, 0) is 6.07 Å². The number of aliphatic hydroxyl groups is 1. The molecule has 6 atom stereocenters. The summed E-state index contributed by atoms with van der Waals surface area (Å²) in [6.07, 6.45) is -1.55. The van der Waals surface area contributed by atoms with E-state index in [0.29, 0.717) is 5.82 Å². The van der Waals surface area contributed by atoms with Crippen LogP contribution in [0.25, 0.3) is 0 Å². The molecule has 1 fully saturated rings. The SMILES string of the molecule is CNc1ccn([C@H]2C[C@H](O)[C@@H](CO[P+](=O)OP(=O)(O)O[P+](=O)O)O2)c(=O)n1. The van der Waals surface area contributed by atoms with Crippen molar-refractivity contribution in [2.75, 3.05) is 19.0 Å². The molecule has 1 aromatic heterocycles. The Bertz CT molecular complexity index is 817. The van der Waals surface area contributed by atoms with E-state index in [1.54, 1.807) is 7.05 Å². The molecule has 1 aliphatic heterocycles. The van der Waals surface area contributed by atoms with E-state index in [1.807, 2.05) is 0 Å². The maximum atomic E-state index is 11.9. The first-order valence-electron chi connectivity index (χ1n) is 7.20. The van der Waals surface area contributed by atoms with Gasteiger partial charge >= 0.3 is 30.0 Å². The Hall–Kier alpha value is -1.17. The van der Waals surface area contributed by atoms with E-state index < -0.39 is 55.1 Å². The van der Waals surface area contributed by atoms with Crippen LogP contribution in [-0.4, -0.2) is 50.3 Å². The molecule has 0 aromatic carbocycles. The smallest absolute Gasteiger partial charge is 0.390 e. The number of nitrogens with one attached hydrogen (secondary N) is 1. The minimum Gasteiger partial charge on any atom is -0.390 e. The summed E-state index contributed by atoms with van der Waals surface area (Å²) in [6, 6.07) is 1.52. The molecule has 27 heavy (non-hydrogen) atoms. The molecule has 1 aromatic rings. The van der Waals surface area contributed by atoms with Gasteiger partial charge in [-0.1, -0.05) is 0 Å². The summed E-state index contributed by atoms with van der Waals surface area (Å²) in [5, 5.41) is 12.7. The molecular formula is C10H16N3O11P3+2. The average molecular weight is 447 g/mol. The lowest BCUT2D eigenvalue weighted by Crippen LogP contribution is -2.28. The second-order valence-electron chi connectivity index (χ2n) is 5.07. The first kappa shape index (κ1) is 22.1. The number of ether oxygens (including phenoxy) is 1. The van der Waals surface area contributed by atoms with Crippen LogP contribution in [0.4, 0.5) is 5.82 Å². The summed E-state index contributed by atoms with van der Waals surface area (Å²) in [5.41, 5.74) is -0.619. The third kappa shape index (κ3) is 6.44. The molecule has 14 nitrogen and oxygen atoms in total. The van der Waals surface area contributed by atoms with E-state index >= 15 is 0 Å². The van der Waals surface area contributed by atoms with Gasteiger partial charge in [0.25, 0.3) is 0 Å². The van der Waals surface area contributed by atoms with E-state index in [0.717, 1.165) is 4.57 Å². The number of hydrogen-bond donors (Lipinski definition) is 4. The predicted molar refractivity (Wildman–Crippen MR) is 88.0 cm³/mol. The van der Waals surface area contributed by atoms with Gasteiger partial charge in [0.15, 0.2) is 0 Å². The van der Waals surface area contributed by atoms with Crippen LogP contribution in [-0.2, 0) is 31.6 Å². The molecule has 0 bridgehead atoms. The first-order valence-corrected chi connectivity index (χ1v) is 10.9. The van der Waals surface area contributed by atoms with E-state index in [1.165, 1.54) is 12.3 Å². The van der Waals surface area contributed by atoms with Crippen LogP contribution in [0.5, 0.6) is 0 Å². The fraction of sp³-hybridized carbons (Fsp3) is 0.600. The van der Waals surface area contributed by atoms with Crippen LogP contribution in [0.1, 0.15) is 12.6 Å². The van der Waals surface area contributed by atoms with E-state index in [9.17, 15) is 23.6 Å². The van der Waals surface area contributed by atoms with Crippen LogP contribution >= 0.6 is 24.3 Å². The monoisotopic (exact) mass is 447 g/mol. The van der Waals surface area contributed by atoms with Crippen LogP contribution < -0.4 is 11.0 Å². The summed E-state index contributed by atoms with van der Waals surface area (Å²) in [5.74, 6) is 0.351. The first-order chi connectivity index (χ1) is 12.6. The van der Waals surface area contributed by atoms with Gasteiger partial charge in [-0.15, -0.1) is 9.42 Å². The van der Waals surface area contributed by atoms with Crippen molar-refractivity contribution in [1.82, 2.24) is 9.55 Å². The quantitative estimate of drug-likeness (QED) is 0.380. The average Bonchev–Trinajstić information content (AvgIpc) is 2.91. The summed E-state index contributed by atoms with van der Waals surface area (Å²) < 4.78 is 52.0. The van der Waals surface area contributed by atoms with Gasteiger partial charge in [-0.3, -0.25) is 9.46 Å². The van der Waals surface area contributed by atoms with Crippen molar-refractivity contribution in [3.05, 3.63) is 22.7 Å². The van der Waals surface area contributed by atoms with Crippen LogP contribution in [0, 0.1) is 0 Å². The normalized spacial score (nSPS) is 25.7. The van der Waals surface area contributed by atoms with Crippen molar-refractivity contribution in [2.45, 2.75) is 24.9 Å². The second kappa shape index (κ2) is 9.35. The largest absolute Gasteiger partial charge is 0.708 e. The Balaban J connectivity index is 1.92. The molecule has 4 N–H and O–H groups in total. The van der Waals surface area contributed by atoms with Gasteiger partial charge in [0, 0.05) is 37.4 Å². The molecule has 2 rings (SSSR count). The number of aliphatic hydroxyl groups excluding tert-OH is 1. The van der Waals surface area contributed by atoms with Crippen LogP contribution in [0.15, 0.2) is 17.1 Å². The molecule has 1 saturated heterocycles. The lowest BCUT2D eigenvalue weighted by molar-refractivity contribution is -0.0411. The van der Waals surface area contributed by atoms with Crippen LogP contribution in [0.2, 0.25) is 0 Å². The Morgan fingerprint density at radius 1 is 1.48 bits per heavy atom. The van der Waals surface area contributed by atoms with Crippen molar-refractivity contribution in [1.29, 1.82) is 0 Å². The summed E-state index contributed by atoms with van der Waals surface area (Å²) in [4.78, 5) is 33.1. The molecule has 17 heteroatoms. The zero-order valence-corrected chi connectivity index (χ0v) is 16.3. The molecule has 1 aliphatic rings. The highest BCUT2D eigenvalue weighted by Gasteiger charge is 2.46. The van der Waals surface area contributed by atoms with E-state index in [-0.39, 0.29) is 6.42 Å². The lowest BCUT2D eigenvalue weighted by Gasteiger charge is -2.14. The van der Waals surface area contributed by atoms with Crippen molar-refractivity contribution < 1.29 is 46.5 Å². The van der Waals surface area contributed by atoms with Crippen molar-refractivity contribution >= 4 is 30.2 Å². The number of anilines is 1. The molecule has 0 aliphatic carbocycles. The second-order valence-corrected chi connectivity index (χ2v) is 8.50. The molecule has 0 radical (unpaired) electrons. The van der Waals surface area contributed by atoms with Crippen molar-refractivity contribution in [3.63, 3.8) is 0 Å². The van der Waals surface area contributed by atoms with Gasteiger partial charge in [-0.2, -0.15) is 4.98 Å². The van der Waals surface area contributed by atoms with Crippen molar-refractivity contribution in [3.8, 4) is 0 Å². The van der Waals surface area contributed by atoms with Gasteiger partial charge in [-0.25, -0.2) is 9.36 Å². The Morgan fingerprint density at radius 3 is 2.78 bits per heavy atom. The number of phosphoric acid groups is 1. The molecule has 0 saturated carbocycles. The Kier molecular flexibility index (Phi) is 7.66. The molecule has 3 unspecified atom stereocenters. The summed E-state index contributed by atoms with van der Waals surface area (Å²) >= 11 is 0. The number of aromatic nitrogens is 2. The summed E-state index contributed by atoms with van der Waals surface area (Å²) in [7, 11) is -10.2. The molecule has 0 amide bonds. The minimum atomic E-state index is -5.06. The highest BCUT2D eigenvalue weighted by atomic mass is 31.3. The summed E-state index contributed by atoms with van der Waals surface area (Å²) in [6.45, 7) is -0.519. The van der Waals surface area contributed by atoms with Gasteiger partial charge in [0.05, 0.1) is 6.10 Å². The third-order valence-corrected chi connectivity index (χ3v) is 6.39. The van der Waals surface area contributed by atoms with Gasteiger partial charge in [0.2, 0.25) is 0 Å². The van der Waals surface area contributed by atoms with Gasteiger partial charge in [0.1, 0.15) is 24.8 Å². The Morgan fingerprint density at radius 2 is 2.19 bits per heavy atom. The van der Waals surface area contributed by atoms with Gasteiger partial charge < -0.3 is 15.2 Å². The zero-order chi connectivity index (χ0) is 20.2. The molecular weight excluding hydrogens is 431 g/mol. The van der Waals surface area contributed by atoms with Crippen molar-refractivity contribution in [2.24, 2.45) is 0 Å². The highest BCUT2D eigenvalue weighted by Crippen LogP contribution is 2.57. The van der Waals surface area contributed by atoms with E-state index in [2.05, 4.69) is 23.4 Å². The Labute approximate surface area is 153 Å². The molecule has 2 heterocycles. The highest BCUT2D eigenvalue weighted by molar-refractivity contribution is 7.61. The predicted octanol–water partition coefficient (Wildman–Crippen LogP) is 0.391. The molecule has 150 valence electrons. The van der Waals surface area contributed by atoms with Crippen LogP contribution in [0.3, 0.4) is 0 Å². The fourth-order valence-corrected chi connectivity index (χ4v) is 4.38. The topological polar surface area (TPSA) is 196 Å². The molecule has 0 spiro atoms. The zero-order valence-electron chi connectivity index (χ0n) is 13.6. The standard InChI is InChI=1S/C10H14N3O11P3/c1-11-8-2-3-13(10(15)12-8)9-4-6(14)7(22-9)5-21-26(18)24-27(19,20)23-25(16)17/h2-3,6-7,9,14H,4-5H2,1H3,(H-2,11,12,15,16,17,19,20)/p+2/t6-,7+,9+/m0/s1. The third-order valence-electron chi connectivity index (χ3n) is 3.29. The maximum Gasteiger partial charge on any atom is 0.708 e. The van der Waals surface area contributed by atoms with E-state index in [4.69, 9.17) is 14.5 Å².